The second kappa shape index (κ2) is 1.64. The van der Waals surface area contributed by atoms with Crippen LogP contribution in [0.2, 0.25) is 0 Å². The number of nitrogens with zero attached hydrogens (tertiary/aromatic N) is 1. The van der Waals surface area contributed by atoms with Crippen LogP contribution in [0.4, 0.5) is 0 Å². The molecule has 1 spiro atoms. The summed E-state index contributed by atoms with van der Waals surface area (Å²) in [5.41, 5.74) is 0.703. The first-order valence-electron chi connectivity index (χ1n) is 3.44. The largest absolute Gasteiger partial charge is 0.291 e. The molecule has 1 fully saturated rings. The molecule has 10 heavy (non-hydrogen) atoms. The minimum Gasteiger partial charge on any atom is -0.291 e. The first-order valence-corrected chi connectivity index (χ1v) is 4.22. The maximum Gasteiger partial charge on any atom is 0.195 e. The van der Waals surface area contributed by atoms with Crippen molar-refractivity contribution in [2.75, 3.05) is 0 Å². The summed E-state index contributed by atoms with van der Waals surface area (Å²) in [5.74, 6) is 0.816. The van der Waals surface area contributed by atoms with E-state index in [-0.39, 0.29) is 10.5 Å². The van der Waals surface area contributed by atoms with Gasteiger partial charge in [-0.15, -0.1) is 0 Å². The van der Waals surface area contributed by atoms with Crippen LogP contribution in [0.25, 0.3) is 0 Å². The van der Waals surface area contributed by atoms with E-state index in [1.807, 2.05) is 0 Å². The fraction of sp³-hybridized carbons (Fsp3) is 0.714. The maximum absolute atomic E-state index is 11.3. The average Bonchev–Trinajstić information content (AvgIpc) is 2.48. The smallest absolute Gasteiger partial charge is 0.195 e. The van der Waals surface area contributed by atoms with E-state index in [1.54, 1.807) is 6.92 Å². The highest BCUT2D eigenvalue weighted by Gasteiger charge is 2.61. The van der Waals surface area contributed by atoms with Gasteiger partial charge in [0, 0.05) is 0 Å². The van der Waals surface area contributed by atoms with Gasteiger partial charge < -0.3 is 0 Å². The second-order valence-electron chi connectivity index (χ2n) is 3.09. The third-order valence-electron chi connectivity index (χ3n) is 2.30. The van der Waals surface area contributed by atoms with Crippen LogP contribution >= 0.6 is 11.9 Å². The maximum atomic E-state index is 11.3. The predicted molar refractivity (Wildman–Crippen MR) is 42.2 cm³/mol. The molecule has 2 rings (SSSR count). The first-order chi connectivity index (χ1) is 4.67. The molecular formula is C7H9NOS. The predicted octanol–water partition coefficient (Wildman–Crippen LogP) is 1.46. The summed E-state index contributed by atoms with van der Waals surface area (Å²) >= 11 is 1.47. The van der Waals surface area contributed by atoms with Gasteiger partial charge in [-0.2, -0.15) is 0 Å². The standard InChI is InChI=1S/C7H9NOS/c1-4-3-7(4)6(9)5(2)8-10-7/h4H,3H2,1-2H3. The quantitative estimate of drug-likeness (QED) is 0.495. The van der Waals surface area contributed by atoms with Crippen molar-refractivity contribution in [3.05, 3.63) is 0 Å². The molecule has 0 saturated heterocycles. The number of hydrogen-bond donors (Lipinski definition) is 0. The number of Topliss-reactive ketones (excluding diaryl/α,β-unsaturated/α-hetero) is 1. The van der Waals surface area contributed by atoms with E-state index in [0.29, 0.717) is 11.6 Å². The summed E-state index contributed by atoms with van der Waals surface area (Å²) in [6, 6.07) is 0. The van der Waals surface area contributed by atoms with Crippen molar-refractivity contribution in [1.82, 2.24) is 0 Å². The van der Waals surface area contributed by atoms with Crippen molar-refractivity contribution < 1.29 is 4.79 Å². The molecule has 3 heteroatoms. The number of rotatable bonds is 0. The molecule has 0 aromatic carbocycles. The Bertz CT molecular complexity index is 236. The first kappa shape index (κ1) is 6.40. The lowest BCUT2D eigenvalue weighted by molar-refractivity contribution is -0.113. The SMILES string of the molecule is CC1=NSC2(CC2C)C1=O. The summed E-state index contributed by atoms with van der Waals surface area (Å²) in [5, 5.41) is 0. The molecule has 2 aliphatic rings. The molecule has 1 heterocycles. The van der Waals surface area contributed by atoms with Crippen molar-refractivity contribution in [3.63, 3.8) is 0 Å². The van der Waals surface area contributed by atoms with Gasteiger partial charge >= 0.3 is 0 Å². The Kier molecular flexibility index (Phi) is 1.05. The van der Waals surface area contributed by atoms with Crippen LogP contribution in [-0.2, 0) is 4.79 Å². The Morgan fingerprint density at radius 1 is 1.80 bits per heavy atom. The highest BCUT2D eigenvalue weighted by atomic mass is 32.2. The van der Waals surface area contributed by atoms with E-state index < -0.39 is 0 Å². The normalized spacial score (nSPS) is 44.4. The van der Waals surface area contributed by atoms with Gasteiger partial charge in [-0.1, -0.05) is 6.92 Å². The van der Waals surface area contributed by atoms with Gasteiger partial charge in [-0.25, -0.2) is 4.40 Å². The molecular weight excluding hydrogens is 146 g/mol. The Balaban J connectivity index is 2.28. The highest BCUT2D eigenvalue weighted by molar-refractivity contribution is 8.01. The monoisotopic (exact) mass is 155 g/mol. The Hall–Kier alpha value is -0.310. The highest BCUT2D eigenvalue weighted by Crippen LogP contribution is 2.58. The van der Waals surface area contributed by atoms with E-state index in [4.69, 9.17) is 0 Å². The van der Waals surface area contributed by atoms with E-state index in [1.165, 1.54) is 11.9 Å². The van der Waals surface area contributed by atoms with Crippen LogP contribution in [0.5, 0.6) is 0 Å². The summed E-state index contributed by atoms with van der Waals surface area (Å²) in [4.78, 5) is 11.3. The number of carbonyl (C=O) groups is 1. The summed E-state index contributed by atoms with van der Waals surface area (Å²) < 4.78 is 3.97. The van der Waals surface area contributed by atoms with E-state index in [0.717, 1.165) is 6.42 Å². The van der Waals surface area contributed by atoms with Crippen molar-refractivity contribution in [2.24, 2.45) is 10.3 Å². The Morgan fingerprint density at radius 2 is 2.40 bits per heavy atom. The van der Waals surface area contributed by atoms with E-state index in [9.17, 15) is 4.79 Å². The minimum atomic E-state index is -0.0932. The van der Waals surface area contributed by atoms with Crippen molar-refractivity contribution in [3.8, 4) is 0 Å². The zero-order valence-electron chi connectivity index (χ0n) is 6.05. The fourth-order valence-electron chi connectivity index (χ4n) is 1.38. The van der Waals surface area contributed by atoms with Crippen LogP contribution < -0.4 is 0 Å². The van der Waals surface area contributed by atoms with Gasteiger partial charge in [0.2, 0.25) is 0 Å². The molecule has 2 atom stereocenters. The molecule has 1 saturated carbocycles. The summed E-state index contributed by atoms with van der Waals surface area (Å²) in [7, 11) is 0. The van der Waals surface area contributed by atoms with Crippen LogP contribution in [0, 0.1) is 5.92 Å². The molecule has 0 bridgehead atoms. The van der Waals surface area contributed by atoms with Gasteiger partial charge in [-0.3, -0.25) is 4.79 Å². The van der Waals surface area contributed by atoms with Crippen LogP contribution in [0.15, 0.2) is 4.40 Å². The van der Waals surface area contributed by atoms with Gasteiger partial charge in [0.25, 0.3) is 0 Å². The van der Waals surface area contributed by atoms with Crippen LogP contribution in [0.3, 0.4) is 0 Å². The van der Waals surface area contributed by atoms with Gasteiger partial charge in [0.1, 0.15) is 4.75 Å². The zero-order valence-corrected chi connectivity index (χ0v) is 6.86. The van der Waals surface area contributed by atoms with Crippen molar-refractivity contribution in [2.45, 2.75) is 25.0 Å². The van der Waals surface area contributed by atoms with E-state index in [2.05, 4.69) is 11.3 Å². The average molecular weight is 155 g/mol. The minimum absolute atomic E-state index is 0.0932. The molecule has 0 amide bonds. The van der Waals surface area contributed by atoms with Crippen molar-refractivity contribution in [1.29, 1.82) is 0 Å². The van der Waals surface area contributed by atoms with E-state index >= 15 is 0 Å². The molecule has 2 nitrogen and oxygen atoms in total. The number of ketones is 1. The molecule has 2 unspecified atom stereocenters. The fourth-order valence-corrected chi connectivity index (χ4v) is 2.50. The molecule has 0 aromatic heterocycles. The van der Waals surface area contributed by atoms with Gasteiger partial charge in [0.15, 0.2) is 5.78 Å². The van der Waals surface area contributed by atoms with Crippen LogP contribution in [0.1, 0.15) is 20.3 Å². The Labute approximate surface area is 64.2 Å². The van der Waals surface area contributed by atoms with Gasteiger partial charge in [0.05, 0.1) is 5.71 Å². The molecule has 1 aliphatic carbocycles. The lowest BCUT2D eigenvalue weighted by Gasteiger charge is -1.99. The molecule has 1 aliphatic heterocycles. The molecule has 0 N–H and O–H groups in total. The summed E-state index contributed by atoms with van der Waals surface area (Å²) in [6.45, 7) is 3.91. The number of hydrogen-bond acceptors (Lipinski definition) is 3. The third-order valence-corrected chi connectivity index (χ3v) is 3.75. The van der Waals surface area contributed by atoms with Crippen LogP contribution in [-0.4, -0.2) is 16.2 Å². The second-order valence-corrected chi connectivity index (χ2v) is 4.19. The zero-order chi connectivity index (χ0) is 7.35. The molecule has 0 radical (unpaired) electrons. The van der Waals surface area contributed by atoms with Gasteiger partial charge in [-0.05, 0) is 31.2 Å². The lowest BCUT2D eigenvalue weighted by atomic mass is 10.1. The molecule has 0 aromatic rings. The third kappa shape index (κ3) is 0.565. The Morgan fingerprint density at radius 3 is 2.60 bits per heavy atom. The number of carbonyl (C=O) groups excluding carboxylic acids is 1. The van der Waals surface area contributed by atoms with Crippen molar-refractivity contribution >= 4 is 23.4 Å². The lowest BCUT2D eigenvalue weighted by Crippen LogP contribution is -2.21. The summed E-state index contributed by atoms with van der Waals surface area (Å²) in [6.07, 6.45) is 1.03. The molecule has 54 valence electrons. The topological polar surface area (TPSA) is 29.4 Å².